The van der Waals surface area contributed by atoms with E-state index in [1.54, 1.807) is 43.2 Å². The summed E-state index contributed by atoms with van der Waals surface area (Å²) in [5.41, 5.74) is 2.70. The van der Waals surface area contributed by atoms with Crippen molar-refractivity contribution in [1.82, 2.24) is 39.5 Å². The molecule has 4 heterocycles. The van der Waals surface area contributed by atoms with Gasteiger partial charge in [0.2, 0.25) is 5.88 Å². The third-order valence-electron chi connectivity index (χ3n) is 5.82. The van der Waals surface area contributed by atoms with E-state index in [0.29, 0.717) is 59.7 Å². The highest BCUT2D eigenvalue weighted by Crippen LogP contribution is 2.30. The number of methoxy groups -OCH3 is 1. The maximum Gasteiger partial charge on any atom is 0.435 e. The fourth-order valence-electron chi connectivity index (χ4n) is 3.93. The number of ether oxygens (including phenoxy) is 2. The van der Waals surface area contributed by atoms with E-state index >= 15 is 0 Å². The molecule has 0 atom stereocenters. The van der Waals surface area contributed by atoms with Crippen LogP contribution in [0.15, 0.2) is 49.1 Å². The molecule has 5 rings (SSSR count). The molecule has 4 aromatic heterocycles. The van der Waals surface area contributed by atoms with Crippen molar-refractivity contribution in [2.24, 2.45) is 0 Å². The minimum atomic E-state index is -4.50. The van der Waals surface area contributed by atoms with Gasteiger partial charge in [0, 0.05) is 19.0 Å². The Balaban J connectivity index is 1.42. The number of fused-ring (bicyclic) bond motifs is 1. The summed E-state index contributed by atoms with van der Waals surface area (Å²) in [7, 11) is 1.59. The van der Waals surface area contributed by atoms with Crippen LogP contribution < -0.4 is 4.74 Å². The average Bonchev–Trinajstić information content (AvgIpc) is 3.48. The quantitative estimate of drug-likeness (QED) is 0.279. The van der Waals surface area contributed by atoms with Gasteiger partial charge in [-0.15, -0.1) is 0 Å². The molecule has 0 aliphatic rings. The molecule has 196 valence electrons. The first kappa shape index (κ1) is 25.3. The van der Waals surface area contributed by atoms with E-state index in [4.69, 9.17) is 14.5 Å². The van der Waals surface area contributed by atoms with Gasteiger partial charge in [-0.1, -0.05) is 12.1 Å². The fourth-order valence-corrected chi connectivity index (χ4v) is 3.93. The summed E-state index contributed by atoms with van der Waals surface area (Å²) in [5, 5.41) is 8.90. The van der Waals surface area contributed by atoms with Gasteiger partial charge in [0.25, 0.3) is 0 Å². The molecule has 0 saturated heterocycles. The molecule has 0 amide bonds. The SMILES string of the molecule is COCCOc1ncnc(C)c1-c1ncc2cnn(Cc3ccc(-n4nc(C(F)(F)F)cc4C)cc3)c2n1. The van der Waals surface area contributed by atoms with Gasteiger partial charge in [-0.05, 0) is 37.6 Å². The van der Waals surface area contributed by atoms with Crippen LogP contribution in [0.1, 0.15) is 22.6 Å². The third kappa shape index (κ3) is 5.05. The molecule has 1 aromatic carbocycles. The van der Waals surface area contributed by atoms with Crippen LogP contribution in [0.3, 0.4) is 0 Å². The van der Waals surface area contributed by atoms with Crippen LogP contribution in [0.4, 0.5) is 13.2 Å². The second-order valence-corrected chi connectivity index (χ2v) is 8.50. The number of benzene rings is 1. The van der Waals surface area contributed by atoms with Gasteiger partial charge < -0.3 is 9.47 Å². The Morgan fingerprint density at radius 2 is 1.76 bits per heavy atom. The van der Waals surface area contributed by atoms with Gasteiger partial charge >= 0.3 is 6.18 Å². The van der Waals surface area contributed by atoms with E-state index in [1.807, 2.05) is 19.1 Å². The largest absolute Gasteiger partial charge is 0.475 e. The standard InChI is InChI=1S/C25H23F3N8O2/c1-15-10-20(25(26,27)28)34-36(15)19-6-4-17(5-7-19)13-35-23-18(12-32-35)11-29-22(33-23)21-16(2)30-14-31-24(21)38-9-8-37-3/h4-7,10-12,14H,8-9,13H2,1-3H3. The Kier molecular flexibility index (Phi) is 6.76. The number of aromatic nitrogens is 8. The van der Waals surface area contributed by atoms with Crippen molar-refractivity contribution in [2.75, 3.05) is 20.3 Å². The van der Waals surface area contributed by atoms with Crippen LogP contribution in [0.25, 0.3) is 28.1 Å². The lowest BCUT2D eigenvalue weighted by Gasteiger charge is -2.11. The predicted molar refractivity (Wildman–Crippen MR) is 131 cm³/mol. The summed E-state index contributed by atoms with van der Waals surface area (Å²) in [6.45, 7) is 4.50. The van der Waals surface area contributed by atoms with Gasteiger partial charge in [-0.25, -0.2) is 29.3 Å². The van der Waals surface area contributed by atoms with E-state index in [2.05, 4.69) is 25.1 Å². The number of hydrogen-bond acceptors (Lipinski definition) is 8. The van der Waals surface area contributed by atoms with Crippen LogP contribution in [-0.2, 0) is 17.5 Å². The van der Waals surface area contributed by atoms with E-state index in [0.717, 1.165) is 17.0 Å². The molecule has 0 N–H and O–H groups in total. The van der Waals surface area contributed by atoms with Crippen molar-refractivity contribution in [3.05, 3.63) is 71.7 Å². The molecule has 13 heteroatoms. The monoisotopic (exact) mass is 524 g/mol. The second kappa shape index (κ2) is 10.2. The molecule has 0 aliphatic heterocycles. The molecule has 0 unspecified atom stereocenters. The third-order valence-corrected chi connectivity index (χ3v) is 5.82. The van der Waals surface area contributed by atoms with Crippen molar-refractivity contribution >= 4 is 11.0 Å². The van der Waals surface area contributed by atoms with E-state index in [9.17, 15) is 13.2 Å². The predicted octanol–water partition coefficient (Wildman–Crippen LogP) is 4.18. The molecule has 0 aliphatic carbocycles. The first-order chi connectivity index (χ1) is 18.2. The van der Waals surface area contributed by atoms with Gasteiger partial charge in [0.1, 0.15) is 18.5 Å². The molecule has 5 aromatic rings. The zero-order valence-electron chi connectivity index (χ0n) is 20.8. The average molecular weight is 525 g/mol. The maximum atomic E-state index is 13.0. The lowest BCUT2D eigenvalue weighted by Crippen LogP contribution is -2.09. The molecule has 0 bridgehead atoms. The molecular weight excluding hydrogens is 501 g/mol. The zero-order valence-corrected chi connectivity index (χ0v) is 20.8. The number of hydrogen-bond donors (Lipinski definition) is 0. The summed E-state index contributed by atoms with van der Waals surface area (Å²) in [6, 6.07) is 8.09. The number of nitrogens with zero attached hydrogens (tertiary/aromatic N) is 8. The molecule has 38 heavy (non-hydrogen) atoms. The minimum absolute atomic E-state index is 0.311. The number of aryl methyl sites for hydroxylation is 2. The fraction of sp³-hybridized carbons (Fsp3) is 0.280. The van der Waals surface area contributed by atoms with E-state index in [1.165, 1.54) is 11.0 Å². The smallest absolute Gasteiger partial charge is 0.435 e. The minimum Gasteiger partial charge on any atom is -0.475 e. The molecule has 0 fully saturated rings. The Bertz CT molecular complexity index is 1580. The van der Waals surface area contributed by atoms with Crippen LogP contribution in [0, 0.1) is 13.8 Å². The normalized spacial score (nSPS) is 11.8. The van der Waals surface area contributed by atoms with Gasteiger partial charge in [-0.3, -0.25) is 0 Å². The number of alkyl halides is 3. The molecular formula is C25H23F3N8O2. The Morgan fingerprint density at radius 3 is 2.47 bits per heavy atom. The van der Waals surface area contributed by atoms with Gasteiger partial charge in [-0.2, -0.15) is 23.4 Å². The van der Waals surface area contributed by atoms with E-state index < -0.39 is 11.9 Å². The molecule has 0 radical (unpaired) electrons. The molecule has 0 saturated carbocycles. The maximum absolute atomic E-state index is 13.0. The highest BCUT2D eigenvalue weighted by Gasteiger charge is 2.34. The first-order valence-electron chi connectivity index (χ1n) is 11.6. The number of halogens is 3. The van der Waals surface area contributed by atoms with Crippen molar-refractivity contribution in [3.63, 3.8) is 0 Å². The van der Waals surface area contributed by atoms with Crippen molar-refractivity contribution in [1.29, 1.82) is 0 Å². The highest BCUT2D eigenvalue weighted by atomic mass is 19.4. The lowest BCUT2D eigenvalue weighted by molar-refractivity contribution is -0.141. The van der Waals surface area contributed by atoms with Gasteiger partial charge in [0.05, 0.1) is 36.1 Å². The summed E-state index contributed by atoms with van der Waals surface area (Å²) >= 11 is 0. The van der Waals surface area contributed by atoms with Crippen molar-refractivity contribution in [2.45, 2.75) is 26.6 Å². The highest BCUT2D eigenvalue weighted by molar-refractivity contribution is 5.77. The first-order valence-corrected chi connectivity index (χ1v) is 11.6. The lowest BCUT2D eigenvalue weighted by atomic mass is 10.2. The van der Waals surface area contributed by atoms with Crippen molar-refractivity contribution < 1.29 is 22.6 Å². The van der Waals surface area contributed by atoms with Crippen LogP contribution in [0.5, 0.6) is 5.88 Å². The van der Waals surface area contributed by atoms with Crippen LogP contribution in [0.2, 0.25) is 0 Å². The summed E-state index contributed by atoms with van der Waals surface area (Å²) in [6.07, 6.45) is 0.263. The van der Waals surface area contributed by atoms with Gasteiger partial charge in [0.15, 0.2) is 17.2 Å². The Labute approximate surface area is 215 Å². The number of rotatable bonds is 8. The van der Waals surface area contributed by atoms with Crippen LogP contribution in [-0.4, -0.2) is 59.8 Å². The molecule has 10 nitrogen and oxygen atoms in total. The Morgan fingerprint density at radius 1 is 0.974 bits per heavy atom. The summed E-state index contributed by atoms with van der Waals surface area (Å²) in [5.74, 6) is 0.757. The summed E-state index contributed by atoms with van der Waals surface area (Å²) < 4.78 is 52.9. The Hall–Kier alpha value is -4.39. The molecule has 0 spiro atoms. The second-order valence-electron chi connectivity index (χ2n) is 8.50. The summed E-state index contributed by atoms with van der Waals surface area (Å²) in [4.78, 5) is 17.7. The topological polar surface area (TPSA) is 106 Å². The van der Waals surface area contributed by atoms with Crippen LogP contribution >= 0.6 is 0 Å². The van der Waals surface area contributed by atoms with Crippen molar-refractivity contribution in [3.8, 4) is 23.0 Å². The zero-order chi connectivity index (χ0) is 26.9. The van der Waals surface area contributed by atoms with E-state index in [-0.39, 0.29) is 0 Å².